The minimum Gasteiger partial charge on any atom is -0.374 e. The Balaban J connectivity index is 1.82. The largest absolute Gasteiger partial charge is 0.374 e. The van der Waals surface area contributed by atoms with Crippen LogP contribution in [0.2, 0.25) is 5.02 Å². The van der Waals surface area contributed by atoms with Gasteiger partial charge in [-0.1, -0.05) is 36.6 Å². The van der Waals surface area contributed by atoms with E-state index in [-0.39, 0.29) is 0 Å². The Morgan fingerprint density at radius 2 is 1.79 bits per heavy atom. The maximum Gasteiger partial charge on any atom is 0.0720 e. The number of halogens is 1. The quantitative estimate of drug-likeness (QED) is 0.738. The lowest BCUT2D eigenvalue weighted by atomic mass is 10.2. The third-order valence-electron chi connectivity index (χ3n) is 2.70. The van der Waals surface area contributed by atoms with Crippen molar-refractivity contribution in [3.8, 4) is 0 Å². The van der Waals surface area contributed by atoms with Crippen molar-refractivity contribution >= 4 is 11.6 Å². The Hall–Kier alpha value is -0.530. The van der Waals surface area contributed by atoms with Gasteiger partial charge in [-0.25, -0.2) is 0 Å². The van der Waals surface area contributed by atoms with Crippen molar-refractivity contribution in [3.63, 3.8) is 0 Å². The van der Waals surface area contributed by atoms with Gasteiger partial charge in [0.15, 0.2) is 0 Å². The van der Waals surface area contributed by atoms with E-state index in [4.69, 9.17) is 16.3 Å². The molecule has 0 amide bonds. The highest BCUT2D eigenvalue weighted by molar-refractivity contribution is 6.30. The Bertz CT molecular complexity index is 275. The van der Waals surface area contributed by atoms with Gasteiger partial charge in [0.25, 0.3) is 0 Å². The lowest BCUT2D eigenvalue weighted by molar-refractivity contribution is 0.0457. The Labute approximate surface area is 90.0 Å². The van der Waals surface area contributed by atoms with Crippen molar-refractivity contribution in [2.75, 3.05) is 0 Å². The molecule has 0 N–H and O–H groups in total. The molecule has 14 heavy (non-hydrogen) atoms. The summed E-state index contributed by atoms with van der Waals surface area (Å²) in [5.74, 6) is 0. The van der Waals surface area contributed by atoms with Gasteiger partial charge in [0.2, 0.25) is 0 Å². The molecule has 76 valence electrons. The van der Waals surface area contributed by atoms with Crippen molar-refractivity contribution in [2.45, 2.75) is 38.4 Å². The zero-order valence-corrected chi connectivity index (χ0v) is 8.96. The zero-order chi connectivity index (χ0) is 9.80. The first-order valence-corrected chi connectivity index (χ1v) is 5.58. The van der Waals surface area contributed by atoms with E-state index in [1.807, 2.05) is 24.3 Å². The van der Waals surface area contributed by atoms with Gasteiger partial charge in [-0.2, -0.15) is 0 Å². The highest BCUT2D eigenvalue weighted by atomic mass is 35.5. The summed E-state index contributed by atoms with van der Waals surface area (Å²) in [6, 6.07) is 7.87. The maximum atomic E-state index is 5.80. The van der Waals surface area contributed by atoms with E-state index in [1.165, 1.54) is 31.2 Å². The predicted octanol–water partition coefficient (Wildman–Crippen LogP) is 3.80. The van der Waals surface area contributed by atoms with Gasteiger partial charge in [0.1, 0.15) is 0 Å². The van der Waals surface area contributed by atoms with Crippen LogP contribution in [0, 0.1) is 0 Å². The third kappa shape index (κ3) is 2.73. The molecule has 0 radical (unpaired) electrons. The zero-order valence-electron chi connectivity index (χ0n) is 8.21. The molecule has 1 aromatic rings. The molecule has 0 spiro atoms. The summed E-state index contributed by atoms with van der Waals surface area (Å²) in [5.41, 5.74) is 1.21. The van der Waals surface area contributed by atoms with Gasteiger partial charge in [-0.3, -0.25) is 0 Å². The summed E-state index contributed by atoms with van der Waals surface area (Å²) >= 11 is 5.80. The summed E-state index contributed by atoms with van der Waals surface area (Å²) in [6.45, 7) is 0.724. The van der Waals surface area contributed by atoms with E-state index in [0.717, 1.165) is 11.6 Å². The van der Waals surface area contributed by atoms with Gasteiger partial charge < -0.3 is 4.74 Å². The molecule has 0 aromatic heterocycles. The topological polar surface area (TPSA) is 9.23 Å². The van der Waals surface area contributed by atoms with Crippen LogP contribution in [0.25, 0.3) is 0 Å². The fraction of sp³-hybridized carbons (Fsp3) is 0.500. The van der Waals surface area contributed by atoms with Crippen LogP contribution in [0.15, 0.2) is 24.3 Å². The standard InChI is InChI=1S/C12H15ClO/c13-11-7-5-10(6-8-11)9-14-12-3-1-2-4-12/h5-8,12H,1-4,9H2. The van der Waals surface area contributed by atoms with Gasteiger partial charge >= 0.3 is 0 Å². The number of hydrogen-bond donors (Lipinski definition) is 0. The van der Waals surface area contributed by atoms with E-state index >= 15 is 0 Å². The molecule has 2 rings (SSSR count). The minimum atomic E-state index is 0.491. The second-order valence-corrected chi connectivity index (χ2v) is 4.28. The molecule has 1 aliphatic rings. The lowest BCUT2D eigenvalue weighted by Gasteiger charge is -2.10. The van der Waals surface area contributed by atoms with E-state index < -0.39 is 0 Å². The van der Waals surface area contributed by atoms with Crippen LogP contribution in [-0.4, -0.2) is 6.10 Å². The third-order valence-corrected chi connectivity index (χ3v) is 2.95. The van der Waals surface area contributed by atoms with Crippen LogP contribution in [0.3, 0.4) is 0 Å². The fourth-order valence-electron chi connectivity index (χ4n) is 1.85. The molecule has 0 unspecified atom stereocenters. The molecule has 1 aliphatic carbocycles. The number of ether oxygens (including phenoxy) is 1. The SMILES string of the molecule is Clc1ccc(COC2CCCC2)cc1. The molecular formula is C12H15ClO. The molecule has 0 heterocycles. The first kappa shape index (κ1) is 10.0. The van der Waals surface area contributed by atoms with E-state index in [0.29, 0.717) is 6.10 Å². The van der Waals surface area contributed by atoms with E-state index in [1.54, 1.807) is 0 Å². The van der Waals surface area contributed by atoms with Gasteiger partial charge in [0.05, 0.1) is 12.7 Å². The van der Waals surface area contributed by atoms with Crippen LogP contribution < -0.4 is 0 Å². The second kappa shape index (κ2) is 4.81. The highest BCUT2D eigenvalue weighted by Crippen LogP contribution is 2.22. The van der Waals surface area contributed by atoms with Crippen molar-refractivity contribution in [2.24, 2.45) is 0 Å². The van der Waals surface area contributed by atoms with Crippen LogP contribution in [-0.2, 0) is 11.3 Å². The molecule has 1 nitrogen and oxygen atoms in total. The lowest BCUT2D eigenvalue weighted by Crippen LogP contribution is -2.06. The highest BCUT2D eigenvalue weighted by Gasteiger charge is 2.14. The summed E-state index contributed by atoms with van der Waals surface area (Å²) < 4.78 is 5.79. The molecule has 1 aromatic carbocycles. The maximum absolute atomic E-state index is 5.80. The van der Waals surface area contributed by atoms with Gasteiger partial charge in [0, 0.05) is 5.02 Å². The second-order valence-electron chi connectivity index (χ2n) is 3.84. The van der Waals surface area contributed by atoms with Crippen molar-refractivity contribution in [3.05, 3.63) is 34.9 Å². The van der Waals surface area contributed by atoms with Crippen LogP contribution in [0.5, 0.6) is 0 Å². The Morgan fingerprint density at radius 1 is 1.14 bits per heavy atom. The number of benzene rings is 1. The molecule has 0 atom stereocenters. The average Bonchev–Trinajstić information content (AvgIpc) is 2.70. The van der Waals surface area contributed by atoms with Crippen LogP contribution in [0.4, 0.5) is 0 Å². The van der Waals surface area contributed by atoms with E-state index in [2.05, 4.69) is 0 Å². The fourth-order valence-corrected chi connectivity index (χ4v) is 1.98. The average molecular weight is 211 g/mol. The van der Waals surface area contributed by atoms with Crippen molar-refractivity contribution < 1.29 is 4.74 Å². The van der Waals surface area contributed by atoms with Crippen molar-refractivity contribution in [1.82, 2.24) is 0 Å². The number of hydrogen-bond acceptors (Lipinski definition) is 1. The molecule has 1 saturated carbocycles. The molecule has 2 heteroatoms. The summed E-state index contributed by atoms with van der Waals surface area (Å²) in [5, 5.41) is 0.787. The monoisotopic (exact) mass is 210 g/mol. The number of rotatable bonds is 3. The minimum absolute atomic E-state index is 0.491. The first-order valence-electron chi connectivity index (χ1n) is 5.20. The molecule has 0 saturated heterocycles. The van der Waals surface area contributed by atoms with Gasteiger partial charge in [-0.15, -0.1) is 0 Å². The normalized spacial score (nSPS) is 17.5. The molecule has 0 bridgehead atoms. The van der Waals surface area contributed by atoms with Crippen LogP contribution >= 0.6 is 11.6 Å². The summed E-state index contributed by atoms with van der Waals surface area (Å²) in [6.07, 6.45) is 5.60. The van der Waals surface area contributed by atoms with Gasteiger partial charge in [-0.05, 0) is 30.5 Å². The first-order chi connectivity index (χ1) is 6.84. The predicted molar refractivity (Wildman–Crippen MR) is 58.5 cm³/mol. The molecular weight excluding hydrogens is 196 g/mol. The van der Waals surface area contributed by atoms with Crippen molar-refractivity contribution in [1.29, 1.82) is 0 Å². The van der Waals surface area contributed by atoms with Crippen LogP contribution in [0.1, 0.15) is 31.2 Å². The summed E-state index contributed by atoms with van der Waals surface area (Å²) in [7, 11) is 0. The Morgan fingerprint density at radius 3 is 2.43 bits per heavy atom. The van der Waals surface area contributed by atoms with E-state index in [9.17, 15) is 0 Å². The smallest absolute Gasteiger partial charge is 0.0720 e. The molecule has 0 aliphatic heterocycles. The summed E-state index contributed by atoms with van der Waals surface area (Å²) in [4.78, 5) is 0. The Kier molecular flexibility index (Phi) is 3.44. The molecule has 1 fully saturated rings.